The van der Waals surface area contributed by atoms with Gasteiger partial charge in [0.25, 0.3) is 0 Å². The second kappa shape index (κ2) is 6.36. The van der Waals surface area contributed by atoms with Gasteiger partial charge in [0, 0.05) is 9.80 Å². The van der Waals surface area contributed by atoms with E-state index in [1.165, 1.54) is 11.1 Å². The highest BCUT2D eigenvalue weighted by atomic mass is 79.9. The van der Waals surface area contributed by atoms with E-state index in [-0.39, 0.29) is 0 Å². The lowest BCUT2D eigenvalue weighted by atomic mass is 9.94. The molecule has 0 saturated carbocycles. The van der Waals surface area contributed by atoms with Crippen molar-refractivity contribution in [2.75, 3.05) is 5.33 Å². The first kappa shape index (κ1) is 12.8. The summed E-state index contributed by atoms with van der Waals surface area (Å²) in [6.07, 6.45) is 1.08. The van der Waals surface area contributed by atoms with Crippen molar-refractivity contribution in [3.05, 3.63) is 70.2 Å². The molecule has 17 heavy (non-hydrogen) atoms. The summed E-state index contributed by atoms with van der Waals surface area (Å²) in [6.45, 7) is 0. The van der Waals surface area contributed by atoms with Crippen LogP contribution >= 0.6 is 31.9 Å². The monoisotopic (exact) mass is 352 g/mol. The van der Waals surface area contributed by atoms with Gasteiger partial charge in [0.1, 0.15) is 0 Å². The maximum atomic E-state index is 3.62. The van der Waals surface area contributed by atoms with Gasteiger partial charge in [0.05, 0.1) is 0 Å². The topological polar surface area (TPSA) is 0 Å². The van der Waals surface area contributed by atoms with Gasteiger partial charge < -0.3 is 0 Å². The smallest absolute Gasteiger partial charge is 0.0175 e. The molecule has 0 fully saturated rings. The second-order valence-corrected chi connectivity index (χ2v) is 5.66. The average Bonchev–Trinajstić information content (AvgIpc) is 2.38. The van der Waals surface area contributed by atoms with E-state index in [4.69, 9.17) is 0 Å². The lowest BCUT2D eigenvalue weighted by molar-refractivity contribution is 0.775. The normalized spacial score (nSPS) is 12.4. The van der Waals surface area contributed by atoms with Crippen molar-refractivity contribution in [2.24, 2.45) is 0 Å². The third-order valence-electron chi connectivity index (χ3n) is 2.85. The molecule has 0 aromatic heterocycles. The quantitative estimate of drug-likeness (QED) is 0.665. The highest BCUT2D eigenvalue weighted by Crippen LogP contribution is 2.24. The zero-order valence-corrected chi connectivity index (χ0v) is 12.6. The van der Waals surface area contributed by atoms with Crippen molar-refractivity contribution in [3.63, 3.8) is 0 Å². The van der Waals surface area contributed by atoms with E-state index in [2.05, 4.69) is 86.5 Å². The van der Waals surface area contributed by atoms with Crippen molar-refractivity contribution in [1.29, 1.82) is 0 Å². The predicted octanol–water partition coefficient (Wildman–Crippen LogP) is 5.17. The molecule has 0 N–H and O–H groups in total. The molecule has 0 aliphatic carbocycles. The summed E-state index contributed by atoms with van der Waals surface area (Å²) in [4.78, 5) is 0. The highest BCUT2D eigenvalue weighted by Gasteiger charge is 2.10. The molecule has 0 aliphatic heterocycles. The standard InChI is InChI=1S/C15H14Br2/c16-11-14(10-12-4-2-1-3-5-12)13-6-8-15(17)9-7-13/h1-9,14H,10-11H2. The van der Waals surface area contributed by atoms with Gasteiger partial charge in [-0.2, -0.15) is 0 Å². The van der Waals surface area contributed by atoms with Crippen LogP contribution in [0.1, 0.15) is 17.0 Å². The molecule has 2 rings (SSSR count). The maximum Gasteiger partial charge on any atom is 0.0175 e. The van der Waals surface area contributed by atoms with Crippen molar-refractivity contribution in [1.82, 2.24) is 0 Å². The Balaban J connectivity index is 2.14. The molecule has 2 aromatic carbocycles. The Hall–Kier alpha value is -0.600. The van der Waals surface area contributed by atoms with Crippen LogP contribution in [0.3, 0.4) is 0 Å². The van der Waals surface area contributed by atoms with Crippen LogP contribution in [-0.4, -0.2) is 5.33 Å². The van der Waals surface area contributed by atoms with E-state index in [0.29, 0.717) is 5.92 Å². The molecule has 0 aliphatic rings. The summed E-state index contributed by atoms with van der Waals surface area (Å²) in [5.41, 5.74) is 2.77. The summed E-state index contributed by atoms with van der Waals surface area (Å²) >= 11 is 7.09. The largest absolute Gasteiger partial charge is 0.0921 e. The van der Waals surface area contributed by atoms with Crippen molar-refractivity contribution in [2.45, 2.75) is 12.3 Å². The Bertz CT molecular complexity index is 448. The van der Waals surface area contributed by atoms with Crippen LogP contribution < -0.4 is 0 Å². The fourth-order valence-corrected chi connectivity index (χ4v) is 2.76. The van der Waals surface area contributed by atoms with Gasteiger partial charge >= 0.3 is 0 Å². The van der Waals surface area contributed by atoms with E-state index >= 15 is 0 Å². The summed E-state index contributed by atoms with van der Waals surface area (Å²) in [6, 6.07) is 19.2. The first-order chi connectivity index (χ1) is 8.29. The minimum Gasteiger partial charge on any atom is -0.0921 e. The van der Waals surface area contributed by atoms with Gasteiger partial charge in [-0.05, 0) is 35.6 Å². The molecule has 2 heteroatoms. The van der Waals surface area contributed by atoms with Crippen molar-refractivity contribution >= 4 is 31.9 Å². The molecule has 0 nitrogen and oxygen atoms in total. The molecule has 0 radical (unpaired) electrons. The van der Waals surface area contributed by atoms with E-state index in [0.717, 1.165) is 16.2 Å². The first-order valence-electron chi connectivity index (χ1n) is 5.65. The van der Waals surface area contributed by atoms with Crippen LogP contribution in [0.4, 0.5) is 0 Å². The molecule has 0 saturated heterocycles. The number of alkyl halides is 1. The van der Waals surface area contributed by atoms with E-state index in [1.54, 1.807) is 0 Å². The van der Waals surface area contributed by atoms with E-state index in [9.17, 15) is 0 Å². The van der Waals surface area contributed by atoms with Crippen LogP contribution in [0, 0.1) is 0 Å². The summed E-state index contributed by atoms with van der Waals surface area (Å²) in [5.74, 6) is 0.533. The van der Waals surface area contributed by atoms with E-state index < -0.39 is 0 Å². The molecule has 0 heterocycles. The molecule has 2 aromatic rings. The predicted molar refractivity (Wildman–Crippen MR) is 80.8 cm³/mol. The third-order valence-corrected chi connectivity index (χ3v) is 4.16. The van der Waals surface area contributed by atoms with Crippen LogP contribution in [0.25, 0.3) is 0 Å². The Labute approximate surface area is 119 Å². The number of benzene rings is 2. The fourth-order valence-electron chi connectivity index (χ4n) is 1.90. The lowest BCUT2D eigenvalue weighted by Gasteiger charge is -2.14. The molecule has 88 valence electrons. The van der Waals surface area contributed by atoms with Gasteiger partial charge in [0.2, 0.25) is 0 Å². The van der Waals surface area contributed by atoms with Crippen molar-refractivity contribution < 1.29 is 0 Å². The minimum absolute atomic E-state index is 0.533. The zero-order chi connectivity index (χ0) is 12.1. The summed E-state index contributed by atoms with van der Waals surface area (Å²) in [7, 11) is 0. The molecule has 0 bridgehead atoms. The van der Waals surface area contributed by atoms with E-state index in [1.807, 2.05) is 0 Å². The number of rotatable bonds is 4. The van der Waals surface area contributed by atoms with Crippen molar-refractivity contribution in [3.8, 4) is 0 Å². The molecule has 0 spiro atoms. The van der Waals surface area contributed by atoms with Crippen LogP contribution in [0.2, 0.25) is 0 Å². The summed E-state index contributed by atoms with van der Waals surface area (Å²) < 4.78 is 1.13. The number of halogens is 2. The van der Waals surface area contributed by atoms with Crippen LogP contribution in [0.5, 0.6) is 0 Å². The van der Waals surface area contributed by atoms with Gasteiger partial charge in [-0.1, -0.05) is 74.3 Å². The van der Waals surface area contributed by atoms with Crippen LogP contribution in [-0.2, 0) is 6.42 Å². The first-order valence-corrected chi connectivity index (χ1v) is 7.56. The Kier molecular flexibility index (Phi) is 4.81. The Morgan fingerprint density at radius 1 is 0.882 bits per heavy atom. The number of hydrogen-bond donors (Lipinski definition) is 0. The van der Waals surface area contributed by atoms with Gasteiger partial charge in [0.15, 0.2) is 0 Å². The number of hydrogen-bond acceptors (Lipinski definition) is 0. The lowest BCUT2D eigenvalue weighted by Crippen LogP contribution is -2.04. The second-order valence-electron chi connectivity index (χ2n) is 4.09. The van der Waals surface area contributed by atoms with Gasteiger partial charge in [-0.15, -0.1) is 0 Å². The highest BCUT2D eigenvalue weighted by molar-refractivity contribution is 9.10. The minimum atomic E-state index is 0.533. The Morgan fingerprint density at radius 3 is 2.12 bits per heavy atom. The molecule has 0 amide bonds. The summed E-state index contributed by atoms with van der Waals surface area (Å²) in [5, 5.41) is 0.990. The average molecular weight is 354 g/mol. The maximum absolute atomic E-state index is 3.62. The Morgan fingerprint density at radius 2 is 1.53 bits per heavy atom. The third kappa shape index (κ3) is 3.68. The fraction of sp³-hybridized carbons (Fsp3) is 0.200. The zero-order valence-electron chi connectivity index (χ0n) is 9.44. The van der Waals surface area contributed by atoms with Crippen LogP contribution in [0.15, 0.2) is 59.1 Å². The van der Waals surface area contributed by atoms with Gasteiger partial charge in [-0.3, -0.25) is 0 Å². The SMILES string of the molecule is BrCC(Cc1ccccc1)c1ccc(Br)cc1. The van der Waals surface area contributed by atoms with Gasteiger partial charge in [-0.25, -0.2) is 0 Å². The molecule has 1 unspecified atom stereocenters. The molecule has 1 atom stereocenters. The molecular formula is C15H14Br2. The molecular weight excluding hydrogens is 340 g/mol.